The van der Waals surface area contributed by atoms with Crippen LogP contribution in [0.3, 0.4) is 0 Å². The Morgan fingerprint density at radius 1 is 0.909 bits per heavy atom. The summed E-state index contributed by atoms with van der Waals surface area (Å²) in [4.78, 5) is 27.0. The molecule has 1 N–H and O–H groups in total. The highest BCUT2D eigenvalue weighted by Gasteiger charge is 2.35. The Bertz CT molecular complexity index is 1150. The lowest BCUT2D eigenvalue weighted by Gasteiger charge is -2.26. The van der Waals surface area contributed by atoms with Gasteiger partial charge in [0, 0.05) is 17.3 Å². The molecule has 1 aliphatic rings. The average molecular weight is 465 g/mol. The molecule has 0 aliphatic carbocycles. The minimum Gasteiger partial charge on any atom is -0.497 e. The third-order valence-electron chi connectivity index (χ3n) is 5.32. The number of thioether (sulfide) groups is 1. The maximum Gasteiger partial charge on any atom is 0.255 e. The van der Waals surface area contributed by atoms with E-state index in [2.05, 4.69) is 5.32 Å². The molecule has 0 unspecified atom stereocenters. The largest absolute Gasteiger partial charge is 0.497 e. The van der Waals surface area contributed by atoms with Crippen LogP contribution in [0.1, 0.15) is 21.3 Å². The minimum absolute atomic E-state index is 0.00496. The number of carbonyl (C=O) groups is 2. The zero-order valence-corrected chi connectivity index (χ0v) is 19.3. The zero-order valence-electron chi connectivity index (χ0n) is 18.5. The lowest BCUT2D eigenvalue weighted by Crippen LogP contribution is -2.28. The molecule has 170 valence electrons. The van der Waals surface area contributed by atoms with Crippen molar-refractivity contribution in [3.63, 3.8) is 0 Å². The molecule has 7 nitrogen and oxygen atoms in total. The Morgan fingerprint density at radius 3 is 2.21 bits per heavy atom. The molecule has 1 atom stereocenters. The van der Waals surface area contributed by atoms with Crippen molar-refractivity contribution in [2.75, 3.05) is 37.3 Å². The van der Waals surface area contributed by atoms with Crippen molar-refractivity contribution < 1.29 is 23.8 Å². The van der Waals surface area contributed by atoms with Gasteiger partial charge in [0.1, 0.15) is 22.6 Å². The standard InChI is InChI=1S/C25H24N2O5S/c1-30-19-10-6-16(7-11-19)24(29)26-18-8-4-17(5-9-18)25-27(23(28)15-33-25)21-13-12-20(31-2)14-22(21)32-3/h4-14,25H,15H2,1-3H3,(H,26,29)/t25-/m1/s1. The van der Waals surface area contributed by atoms with Gasteiger partial charge < -0.3 is 19.5 Å². The summed E-state index contributed by atoms with van der Waals surface area (Å²) < 4.78 is 15.9. The summed E-state index contributed by atoms with van der Waals surface area (Å²) in [6.07, 6.45) is 0. The van der Waals surface area contributed by atoms with Crippen LogP contribution in [0, 0.1) is 0 Å². The molecule has 4 rings (SSSR count). The normalized spacial score (nSPS) is 15.3. The van der Waals surface area contributed by atoms with E-state index < -0.39 is 0 Å². The number of anilines is 2. The van der Waals surface area contributed by atoms with Crippen molar-refractivity contribution in [2.24, 2.45) is 0 Å². The second-order valence-electron chi connectivity index (χ2n) is 7.27. The van der Waals surface area contributed by atoms with Gasteiger partial charge in [-0.15, -0.1) is 11.8 Å². The third kappa shape index (κ3) is 4.75. The molecule has 3 aromatic carbocycles. The Kier molecular flexibility index (Phi) is 6.74. The van der Waals surface area contributed by atoms with Crippen molar-refractivity contribution in [3.05, 3.63) is 77.9 Å². The van der Waals surface area contributed by atoms with Gasteiger partial charge in [-0.2, -0.15) is 0 Å². The van der Waals surface area contributed by atoms with Gasteiger partial charge in [0.05, 0.1) is 32.8 Å². The van der Waals surface area contributed by atoms with Crippen LogP contribution in [-0.2, 0) is 4.79 Å². The Morgan fingerprint density at radius 2 is 1.58 bits per heavy atom. The first-order valence-corrected chi connectivity index (χ1v) is 11.3. The van der Waals surface area contributed by atoms with Crippen LogP contribution in [0.2, 0.25) is 0 Å². The molecular formula is C25H24N2O5S. The SMILES string of the molecule is COc1ccc(C(=O)Nc2ccc([C@H]3SCC(=O)N3c3ccc(OC)cc3OC)cc2)cc1. The van der Waals surface area contributed by atoms with E-state index in [1.807, 2.05) is 36.4 Å². The quantitative estimate of drug-likeness (QED) is 0.544. The summed E-state index contributed by atoms with van der Waals surface area (Å²) in [6.45, 7) is 0. The molecule has 2 amide bonds. The highest BCUT2D eigenvalue weighted by molar-refractivity contribution is 8.00. The van der Waals surface area contributed by atoms with Gasteiger partial charge in [0.2, 0.25) is 5.91 Å². The Balaban J connectivity index is 1.53. The summed E-state index contributed by atoms with van der Waals surface area (Å²) in [7, 11) is 4.74. The summed E-state index contributed by atoms with van der Waals surface area (Å²) in [5, 5.41) is 2.69. The molecule has 0 bridgehead atoms. The molecule has 8 heteroatoms. The number of methoxy groups -OCH3 is 3. The van der Waals surface area contributed by atoms with Gasteiger partial charge in [0.25, 0.3) is 5.91 Å². The molecule has 0 saturated carbocycles. The second-order valence-corrected chi connectivity index (χ2v) is 8.34. The zero-order chi connectivity index (χ0) is 23.4. The molecule has 0 spiro atoms. The fourth-order valence-corrected chi connectivity index (χ4v) is 4.76. The fraction of sp³-hybridized carbons (Fsp3) is 0.200. The van der Waals surface area contributed by atoms with Gasteiger partial charge >= 0.3 is 0 Å². The van der Waals surface area contributed by atoms with Crippen LogP contribution >= 0.6 is 11.8 Å². The van der Waals surface area contributed by atoms with E-state index in [0.717, 1.165) is 5.56 Å². The molecule has 0 radical (unpaired) electrons. The number of carbonyl (C=O) groups excluding carboxylic acids is 2. The molecular weight excluding hydrogens is 440 g/mol. The summed E-state index contributed by atoms with van der Waals surface area (Å²) in [5.41, 5.74) is 2.85. The molecule has 3 aromatic rings. The predicted octanol–water partition coefficient (Wildman–Crippen LogP) is 4.74. The van der Waals surface area contributed by atoms with Crippen molar-refractivity contribution in [3.8, 4) is 17.2 Å². The number of ether oxygens (including phenoxy) is 3. The van der Waals surface area contributed by atoms with Gasteiger partial charge in [-0.3, -0.25) is 14.5 Å². The number of rotatable bonds is 7. The Hall–Kier alpha value is -3.65. The molecule has 1 saturated heterocycles. The number of hydrogen-bond acceptors (Lipinski definition) is 6. The number of benzene rings is 3. The number of hydrogen-bond donors (Lipinski definition) is 1. The van der Waals surface area contributed by atoms with Crippen LogP contribution < -0.4 is 24.4 Å². The van der Waals surface area contributed by atoms with Gasteiger partial charge in [0.15, 0.2) is 0 Å². The lowest BCUT2D eigenvalue weighted by molar-refractivity contribution is -0.115. The summed E-state index contributed by atoms with van der Waals surface area (Å²) >= 11 is 1.55. The van der Waals surface area contributed by atoms with Gasteiger partial charge in [-0.1, -0.05) is 12.1 Å². The van der Waals surface area contributed by atoms with E-state index in [4.69, 9.17) is 14.2 Å². The molecule has 0 aromatic heterocycles. The van der Waals surface area contributed by atoms with Crippen LogP contribution in [0.5, 0.6) is 17.2 Å². The highest BCUT2D eigenvalue weighted by atomic mass is 32.2. The highest BCUT2D eigenvalue weighted by Crippen LogP contribution is 2.45. The maximum absolute atomic E-state index is 12.7. The third-order valence-corrected chi connectivity index (χ3v) is 6.53. The number of nitrogens with one attached hydrogen (secondary N) is 1. The smallest absolute Gasteiger partial charge is 0.255 e. The van der Waals surface area contributed by atoms with E-state index >= 15 is 0 Å². The second kappa shape index (κ2) is 9.87. The van der Waals surface area contributed by atoms with Crippen molar-refractivity contribution >= 4 is 35.0 Å². The average Bonchev–Trinajstić information content (AvgIpc) is 3.25. The van der Waals surface area contributed by atoms with Crippen LogP contribution in [0.15, 0.2) is 66.7 Å². The Labute approximate surface area is 196 Å². The minimum atomic E-state index is -0.208. The first kappa shape index (κ1) is 22.5. The maximum atomic E-state index is 12.7. The van der Waals surface area contributed by atoms with E-state index in [1.165, 1.54) is 0 Å². The van der Waals surface area contributed by atoms with Crippen LogP contribution in [0.25, 0.3) is 0 Å². The van der Waals surface area contributed by atoms with Crippen LogP contribution in [0.4, 0.5) is 11.4 Å². The van der Waals surface area contributed by atoms with Crippen LogP contribution in [-0.4, -0.2) is 38.9 Å². The fourth-order valence-electron chi connectivity index (χ4n) is 3.59. The molecule has 33 heavy (non-hydrogen) atoms. The monoisotopic (exact) mass is 464 g/mol. The molecule has 1 fully saturated rings. The van der Waals surface area contributed by atoms with E-state index in [0.29, 0.717) is 39.9 Å². The first-order valence-electron chi connectivity index (χ1n) is 10.2. The van der Waals surface area contributed by atoms with Gasteiger partial charge in [-0.05, 0) is 54.1 Å². The van der Waals surface area contributed by atoms with Gasteiger partial charge in [-0.25, -0.2) is 0 Å². The summed E-state index contributed by atoms with van der Waals surface area (Å²) in [5.74, 6) is 2.08. The van der Waals surface area contributed by atoms with E-state index in [-0.39, 0.29) is 17.2 Å². The van der Waals surface area contributed by atoms with Crippen molar-refractivity contribution in [1.82, 2.24) is 0 Å². The predicted molar refractivity (Wildman–Crippen MR) is 130 cm³/mol. The van der Waals surface area contributed by atoms with E-state index in [1.54, 1.807) is 68.3 Å². The van der Waals surface area contributed by atoms with Crippen molar-refractivity contribution in [1.29, 1.82) is 0 Å². The lowest BCUT2D eigenvalue weighted by atomic mass is 10.1. The topological polar surface area (TPSA) is 77.1 Å². The summed E-state index contributed by atoms with van der Waals surface area (Å²) in [6, 6.07) is 19.8. The van der Waals surface area contributed by atoms with E-state index in [9.17, 15) is 9.59 Å². The molecule has 1 heterocycles. The molecule has 1 aliphatic heterocycles. The number of amides is 2. The first-order chi connectivity index (χ1) is 16.0. The van der Waals surface area contributed by atoms with Crippen molar-refractivity contribution in [2.45, 2.75) is 5.37 Å². The number of nitrogens with zero attached hydrogens (tertiary/aromatic N) is 1.